The van der Waals surface area contributed by atoms with Crippen LogP contribution in [0.3, 0.4) is 0 Å². The minimum absolute atomic E-state index is 0.0660. The summed E-state index contributed by atoms with van der Waals surface area (Å²) in [6.45, 7) is 2.41. The quantitative estimate of drug-likeness (QED) is 0.722. The molecule has 1 heterocycles. The van der Waals surface area contributed by atoms with Crippen LogP contribution in [-0.2, 0) is 14.3 Å². The van der Waals surface area contributed by atoms with Crippen molar-refractivity contribution in [1.82, 2.24) is 5.32 Å². The van der Waals surface area contributed by atoms with Crippen molar-refractivity contribution in [2.45, 2.75) is 37.7 Å². The second-order valence-electron chi connectivity index (χ2n) is 5.70. The summed E-state index contributed by atoms with van der Waals surface area (Å²) in [6, 6.07) is 0. The molecule has 1 aliphatic carbocycles. The lowest BCUT2D eigenvalue weighted by molar-refractivity contribution is -0.126. The molecule has 0 aromatic carbocycles. The van der Waals surface area contributed by atoms with Gasteiger partial charge >= 0.3 is 0 Å². The van der Waals surface area contributed by atoms with Crippen LogP contribution in [0.15, 0.2) is 0 Å². The summed E-state index contributed by atoms with van der Waals surface area (Å²) in [5.41, 5.74) is 5.50. The third-order valence-corrected chi connectivity index (χ3v) is 4.49. The standard InChI is InChI=1S/C13H24N2O3/c1-17-13(5-6-18-10-13)9-15-11(16)7-12(8-14)3-2-4-12/h2-10,14H2,1H3,(H,15,16). The Morgan fingerprint density at radius 1 is 1.44 bits per heavy atom. The molecule has 2 rings (SSSR count). The molecule has 1 amide bonds. The summed E-state index contributed by atoms with van der Waals surface area (Å²) in [6.07, 6.45) is 4.74. The van der Waals surface area contributed by atoms with Crippen LogP contribution in [0, 0.1) is 5.41 Å². The number of hydrogen-bond donors (Lipinski definition) is 2. The average molecular weight is 256 g/mol. The van der Waals surface area contributed by atoms with Gasteiger partial charge in [-0.15, -0.1) is 0 Å². The molecule has 18 heavy (non-hydrogen) atoms. The largest absolute Gasteiger partial charge is 0.378 e. The van der Waals surface area contributed by atoms with Crippen LogP contribution in [0.4, 0.5) is 0 Å². The van der Waals surface area contributed by atoms with E-state index in [1.54, 1.807) is 7.11 Å². The Morgan fingerprint density at radius 2 is 2.22 bits per heavy atom. The van der Waals surface area contributed by atoms with Crippen LogP contribution >= 0.6 is 0 Å². The smallest absolute Gasteiger partial charge is 0.220 e. The molecule has 1 saturated heterocycles. The van der Waals surface area contributed by atoms with E-state index in [1.165, 1.54) is 6.42 Å². The fourth-order valence-electron chi connectivity index (χ4n) is 2.75. The zero-order valence-corrected chi connectivity index (χ0v) is 11.2. The van der Waals surface area contributed by atoms with E-state index >= 15 is 0 Å². The maximum Gasteiger partial charge on any atom is 0.220 e. The van der Waals surface area contributed by atoms with Gasteiger partial charge in [0.1, 0.15) is 5.60 Å². The van der Waals surface area contributed by atoms with Crippen LogP contribution < -0.4 is 11.1 Å². The highest BCUT2D eigenvalue weighted by Crippen LogP contribution is 2.42. The first-order chi connectivity index (χ1) is 8.64. The lowest BCUT2D eigenvalue weighted by atomic mass is 9.66. The predicted molar refractivity (Wildman–Crippen MR) is 68.1 cm³/mol. The third kappa shape index (κ3) is 2.84. The minimum Gasteiger partial charge on any atom is -0.378 e. The highest BCUT2D eigenvalue weighted by Gasteiger charge is 2.39. The van der Waals surface area contributed by atoms with Gasteiger partial charge in [0.15, 0.2) is 0 Å². The van der Waals surface area contributed by atoms with Crippen molar-refractivity contribution >= 4 is 5.91 Å². The highest BCUT2D eigenvalue weighted by atomic mass is 16.5. The lowest BCUT2D eigenvalue weighted by Gasteiger charge is -2.40. The summed E-state index contributed by atoms with van der Waals surface area (Å²) >= 11 is 0. The number of carbonyl (C=O) groups excluding carboxylic acids is 1. The SMILES string of the molecule is COC1(CNC(=O)CC2(CN)CCC2)CCOC1. The van der Waals surface area contributed by atoms with Gasteiger partial charge in [0.2, 0.25) is 5.91 Å². The Kier molecular flexibility index (Phi) is 4.25. The summed E-state index contributed by atoms with van der Waals surface area (Å²) in [7, 11) is 1.67. The van der Waals surface area contributed by atoms with Crippen LogP contribution in [0.5, 0.6) is 0 Å². The fourth-order valence-corrected chi connectivity index (χ4v) is 2.75. The normalized spacial score (nSPS) is 29.9. The van der Waals surface area contributed by atoms with Crippen molar-refractivity contribution in [1.29, 1.82) is 0 Å². The van der Waals surface area contributed by atoms with Crippen molar-refractivity contribution in [3.63, 3.8) is 0 Å². The number of nitrogens with one attached hydrogen (secondary N) is 1. The summed E-state index contributed by atoms with van der Waals surface area (Å²) < 4.78 is 10.8. The number of rotatable bonds is 6. The van der Waals surface area contributed by atoms with Gasteiger partial charge in [0.25, 0.3) is 0 Å². The Morgan fingerprint density at radius 3 is 2.67 bits per heavy atom. The van der Waals surface area contributed by atoms with E-state index < -0.39 is 0 Å². The van der Waals surface area contributed by atoms with Gasteiger partial charge in [0.05, 0.1) is 6.61 Å². The van der Waals surface area contributed by atoms with Gasteiger partial charge < -0.3 is 20.5 Å². The van der Waals surface area contributed by atoms with E-state index in [2.05, 4.69) is 5.32 Å². The molecule has 1 unspecified atom stereocenters. The summed E-state index contributed by atoms with van der Waals surface area (Å²) in [5, 5.41) is 2.98. The third-order valence-electron chi connectivity index (χ3n) is 4.49. The van der Waals surface area contributed by atoms with Gasteiger partial charge in [-0.25, -0.2) is 0 Å². The van der Waals surface area contributed by atoms with E-state index in [4.69, 9.17) is 15.2 Å². The number of ether oxygens (including phenoxy) is 2. The van der Waals surface area contributed by atoms with Crippen LogP contribution in [0.1, 0.15) is 32.1 Å². The van der Waals surface area contributed by atoms with E-state index in [0.29, 0.717) is 32.7 Å². The number of amides is 1. The van der Waals surface area contributed by atoms with Gasteiger partial charge in [-0.2, -0.15) is 0 Å². The molecular weight excluding hydrogens is 232 g/mol. The second kappa shape index (κ2) is 5.55. The van der Waals surface area contributed by atoms with Gasteiger partial charge in [-0.1, -0.05) is 6.42 Å². The Labute approximate surface area is 108 Å². The van der Waals surface area contributed by atoms with Crippen LogP contribution in [0.2, 0.25) is 0 Å². The van der Waals surface area contributed by atoms with E-state index in [-0.39, 0.29) is 16.9 Å². The molecule has 5 heteroatoms. The molecule has 104 valence electrons. The molecule has 2 fully saturated rings. The molecule has 0 aromatic rings. The molecule has 1 aliphatic heterocycles. The van der Waals surface area contributed by atoms with Crippen molar-refractivity contribution in [3.05, 3.63) is 0 Å². The first-order valence-electron chi connectivity index (χ1n) is 6.73. The van der Waals surface area contributed by atoms with Crippen LogP contribution in [0.25, 0.3) is 0 Å². The zero-order valence-electron chi connectivity index (χ0n) is 11.2. The predicted octanol–water partition coefficient (Wildman–Crippen LogP) is 0.427. The topological polar surface area (TPSA) is 73.6 Å². The van der Waals surface area contributed by atoms with Gasteiger partial charge in [-0.3, -0.25) is 4.79 Å². The number of hydrogen-bond acceptors (Lipinski definition) is 4. The highest BCUT2D eigenvalue weighted by molar-refractivity contribution is 5.77. The van der Waals surface area contributed by atoms with Crippen LogP contribution in [-0.4, -0.2) is 44.9 Å². The van der Waals surface area contributed by atoms with E-state index in [1.807, 2.05) is 0 Å². The van der Waals surface area contributed by atoms with E-state index in [9.17, 15) is 4.79 Å². The second-order valence-corrected chi connectivity index (χ2v) is 5.70. The maximum atomic E-state index is 12.0. The summed E-state index contributed by atoms with van der Waals surface area (Å²) in [4.78, 5) is 12.0. The number of nitrogens with two attached hydrogens (primary N) is 1. The molecule has 5 nitrogen and oxygen atoms in total. The molecule has 3 N–H and O–H groups in total. The molecule has 0 bridgehead atoms. The monoisotopic (exact) mass is 256 g/mol. The Bertz CT molecular complexity index is 291. The first-order valence-corrected chi connectivity index (χ1v) is 6.73. The average Bonchev–Trinajstić information content (AvgIpc) is 2.81. The fraction of sp³-hybridized carbons (Fsp3) is 0.923. The molecule has 1 saturated carbocycles. The minimum atomic E-state index is -0.328. The Hall–Kier alpha value is -0.650. The van der Waals surface area contributed by atoms with Crippen molar-refractivity contribution in [2.24, 2.45) is 11.1 Å². The van der Waals surface area contributed by atoms with Crippen molar-refractivity contribution < 1.29 is 14.3 Å². The van der Waals surface area contributed by atoms with Gasteiger partial charge in [0, 0.05) is 33.1 Å². The van der Waals surface area contributed by atoms with Gasteiger partial charge in [-0.05, 0) is 24.8 Å². The first kappa shape index (κ1) is 13.8. The molecule has 1 atom stereocenters. The van der Waals surface area contributed by atoms with Crippen molar-refractivity contribution in [3.8, 4) is 0 Å². The molecular formula is C13H24N2O3. The molecule has 0 radical (unpaired) electrons. The number of carbonyl (C=O) groups is 1. The number of methoxy groups -OCH3 is 1. The molecule has 2 aliphatic rings. The summed E-state index contributed by atoms with van der Waals surface area (Å²) in [5.74, 6) is 0.0866. The van der Waals surface area contributed by atoms with E-state index in [0.717, 1.165) is 19.3 Å². The lowest BCUT2D eigenvalue weighted by Crippen LogP contribution is -2.47. The zero-order chi connectivity index (χ0) is 13.1. The Balaban J connectivity index is 1.77. The molecule has 0 aromatic heterocycles. The maximum absolute atomic E-state index is 12.0. The molecule has 0 spiro atoms. The van der Waals surface area contributed by atoms with Crippen molar-refractivity contribution in [2.75, 3.05) is 33.4 Å².